The van der Waals surface area contributed by atoms with Crippen LogP contribution in [0, 0.1) is 0 Å². The second-order valence-corrected chi connectivity index (χ2v) is 8.72. The fraction of sp³-hybridized carbons (Fsp3) is 0.375. The number of hydrogen-bond acceptors (Lipinski definition) is 5. The van der Waals surface area contributed by atoms with E-state index in [1.54, 1.807) is 12.0 Å². The van der Waals surface area contributed by atoms with Crippen LogP contribution >= 0.6 is 11.8 Å². The highest BCUT2D eigenvalue weighted by atomic mass is 32.2. The van der Waals surface area contributed by atoms with E-state index >= 15 is 0 Å². The highest BCUT2D eigenvalue weighted by Gasteiger charge is 2.24. The molecule has 31 heavy (non-hydrogen) atoms. The maximum Gasteiger partial charge on any atom is 0.237 e. The van der Waals surface area contributed by atoms with Crippen molar-refractivity contribution in [3.63, 3.8) is 0 Å². The number of hydrogen-bond donors (Lipinski definition) is 0. The molecule has 4 rings (SSSR count). The molecule has 0 atom stereocenters. The van der Waals surface area contributed by atoms with Gasteiger partial charge in [0.05, 0.1) is 12.9 Å². The fourth-order valence-electron chi connectivity index (χ4n) is 4.00. The lowest BCUT2D eigenvalue weighted by Crippen LogP contribution is -2.28. The number of para-hydroxylation sites is 1. The van der Waals surface area contributed by atoms with Crippen LogP contribution in [0.5, 0.6) is 5.75 Å². The van der Waals surface area contributed by atoms with Crippen molar-refractivity contribution >= 4 is 23.4 Å². The van der Waals surface area contributed by atoms with Gasteiger partial charge in [0, 0.05) is 24.3 Å². The van der Waals surface area contributed by atoms with Crippen molar-refractivity contribution in [1.29, 1.82) is 0 Å². The molecular weight excluding hydrogens is 408 g/mol. The molecule has 0 aliphatic heterocycles. The quantitative estimate of drug-likeness (QED) is 0.476. The predicted molar refractivity (Wildman–Crippen MR) is 125 cm³/mol. The van der Waals surface area contributed by atoms with E-state index in [1.807, 2.05) is 61.6 Å². The van der Waals surface area contributed by atoms with Gasteiger partial charge in [-0.2, -0.15) is 0 Å². The third-order valence-corrected chi connectivity index (χ3v) is 6.72. The summed E-state index contributed by atoms with van der Waals surface area (Å²) in [6.07, 6.45) is 5.94. The van der Waals surface area contributed by atoms with Crippen LogP contribution in [0.15, 0.2) is 59.8 Å². The van der Waals surface area contributed by atoms with E-state index in [9.17, 15) is 4.79 Å². The second kappa shape index (κ2) is 10.0. The number of carbonyl (C=O) groups is 1. The lowest BCUT2D eigenvalue weighted by molar-refractivity contribution is -0.115. The average Bonchev–Trinajstić information content (AvgIpc) is 3.27. The van der Waals surface area contributed by atoms with Gasteiger partial charge in [0.2, 0.25) is 5.91 Å². The first-order valence-electron chi connectivity index (χ1n) is 10.7. The van der Waals surface area contributed by atoms with Crippen molar-refractivity contribution in [2.24, 2.45) is 0 Å². The molecule has 1 aliphatic rings. The summed E-state index contributed by atoms with van der Waals surface area (Å²) in [7, 11) is 3.48. The molecule has 6 nitrogen and oxygen atoms in total. The zero-order valence-electron chi connectivity index (χ0n) is 18.0. The number of ether oxygens (including phenoxy) is 1. The molecule has 1 fully saturated rings. The fourth-order valence-corrected chi connectivity index (χ4v) is 4.92. The van der Waals surface area contributed by atoms with Gasteiger partial charge < -0.3 is 9.64 Å². The Balaban J connectivity index is 1.56. The van der Waals surface area contributed by atoms with E-state index in [-0.39, 0.29) is 5.91 Å². The number of methoxy groups -OCH3 is 1. The zero-order valence-corrected chi connectivity index (χ0v) is 18.8. The number of aromatic nitrogens is 3. The van der Waals surface area contributed by atoms with Crippen LogP contribution in [-0.2, 0) is 4.79 Å². The van der Waals surface area contributed by atoms with E-state index in [0.29, 0.717) is 11.8 Å². The molecule has 1 aromatic heterocycles. The van der Waals surface area contributed by atoms with Gasteiger partial charge in [-0.25, -0.2) is 0 Å². The number of thioether (sulfide) groups is 1. The Kier molecular flexibility index (Phi) is 6.92. The molecule has 0 bridgehead atoms. The summed E-state index contributed by atoms with van der Waals surface area (Å²) in [4.78, 5) is 14.5. The molecule has 1 heterocycles. The lowest BCUT2D eigenvalue weighted by atomic mass is 9.95. The summed E-state index contributed by atoms with van der Waals surface area (Å²) < 4.78 is 7.54. The first kappa shape index (κ1) is 21.4. The first-order chi connectivity index (χ1) is 15.2. The van der Waals surface area contributed by atoms with Crippen LogP contribution in [-0.4, -0.2) is 40.6 Å². The van der Waals surface area contributed by atoms with Crippen molar-refractivity contribution in [2.75, 3.05) is 24.8 Å². The number of benzene rings is 2. The minimum Gasteiger partial charge on any atom is -0.497 e. The highest BCUT2D eigenvalue weighted by molar-refractivity contribution is 7.99. The van der Waals surface area contributed by atoms with Crippen LogP contribution in [0.2, 0.25) is 0 Å². The maximum absolute atomic E-state index is 12.8. The van der Waals surface area contributed by atoms with E-state index in [2.05, 4.69) is 14.8 Å². The summed E-state index contributed by atoms with van der Waals surface area (Å²) in [6.45, 7) is 0. The van der Waals surface area contributed by atoms with Crippen molar-refractivity contribution in [3.05, 3.63) is 54.6 Å². The molecule has 1 aliphatic carbocycles. The van der Waals surface area contributed by atoms with Crippen molar-refractivity contribution in [3.8, 4) is 17.1 Å². The monoisotopic (exact) mass is 436 g/mol. The van der Waals surface area contributed by atoms with E-state index in [1.165, 1.54) is 31.0 Å². The first-order valence-corrected chi connectivity index (χ1v) is 11.7. The lowest BCUT2D eigenvalue weighted by Gasteiger charge is -2.25. The molecule has 3 aromatic rings. The SMILES string of the molecule is COc1ccc(-c2nnc(SCC(=O)N(C)c3ccccc3)n2C2CCCCC2)cc1. The van der Waals surface area contributed by atoms with Gasteiger partial charge in [-0.3, -0.25) is 9.36 Å². The minimum absolute atomic E-state index is 0.0420. The molecule has 0 radical (unpaired) electrons. The summed E-state index contributed by atoms with van der Waals surface area (Å²) in [5.41, 5.74) is 1.90. The van der Waals surface area contributed by atoms with Gasteiger partial charge in [0.1, 0.15) is 5.75 Å². The Morgan fingerprint density at radius 2 is 1.77 bits per heavy atom. The van der Waals surface area contributed by atoms with E-state index in [0.717, 1.165) is 40.8 Å². The van der Waals surface area contributed by atoms with Crippen LogP contribution in [0.1, 0.15) is 38.1 Å². The summed E-state index contributed by atoms with van der Waals surface area (Å²) in [6, 6.07) is 18.0. The summed E-state index contributed by atoms with van der Waals surface area (Å²) >= 11 is 1.47. The van der Waals surface area contributed by atoms with Gasteiger partial charge in [0.25, 0.3) is 0 Å². The number of carbonyl (C=O) groups excluding carboxylic acids is 1. The Morgan fingerprint density at radius 1 is 1.06 bits per heavy atom. The van der Waals surface area contributed by atoms with Crippen LogP contribution in [0.25, 0.3) is 11.4 Å². The van der Waals surface area contributed by atoms with Gasteiger partial charge in [-0.1, -0.05) is 49.2 Å². The Labute approximate surface area is 187 Å². The number of anilines is 1. The minimum atomic E-state index is 0.0420. The highest BCUT2D eigenvalue weighted by Crippen LogP contribution is 2.36. The van der Waals surface area contributed by atoms with E-state index in [4.69, 9.17) is 4.74 Å². The molecule has 0 N–H and O–H groups in total. The van der Waals surface area contributed by atoms with Crippen LogP contribution < -0.4 is 9.64 Å². The smallest absolute Gasteiger partial charge is 0.237 e. The largest absolute Gasteiger partial charge is 0.497 e. The Hall–Kier alpha value is -2.80. The van der Waals surface area contributed by atoms with Crippen molar-refractivity contribution in [2.45, 2.75) is 43.3 Å². The second-order valence-electron chi connectivity index (χ2n) is 7.77. The average molecular weight is 437 g/mol. The van der Waals surface area contributed by atoms with Crippen molar-refractivity contribution in [1.82, 2.24) is 14.8 Å². The van der Waals surface area contributed by atoms with Crippen molar-refractivity contribution < 1.29 is 9.53 Å². The topological polar surface area (TPSA) is 60.3 Å². The van der Waals surface area contributed by atoms with Gasteiger partial charge in [0.15, 0.2) is 11.0 Å². The molecule has 7 heteroatoms. The standard InChI is InChI=1S/C24H28N4O2S/c1-27(19-9-5-3-6-10-19)22(29)17-31-24-26-25-23(18-13-15-21(30-2)16-14-18)28(24)20-11-7-4-8-12-20/h3,5-6,9-10,13-16,20H,4,7-8,11-12,17H2,1-2H3. The number of nitrogens with zero attached hydrogens (tertiary/aromatic N) is 4. The van der Waals surface area contributed by atoms with Gasteiger partial charge >= 0.3 is 0 Å². The maximum atomic E-state index is 12.8. The zero-order chi connectivity index (χ0) is 21.6. The normalized spacial score (nSPS) is 14.4. The van der Waals surface area contributed by atoms with Gasteiger partial charge in [-0.15, -0.1) is 10.2 Å². The van der Waals surface area contributed by atoms with Crippen LogP contribution in [0.4, 0.5) is 5.69 Å². The molecule has 2 aromatic carbocycles. The predicted octanol–water partition coefficient (Wildman–Crippen LogP) is 5.21. The third-order valence-electron chi connectivity index (χ3n) is 5.79. The Morgan fingerprint density at radius 3 is 2.45 bits per heavy atom. The van der Waals surface area contributed by atoms with Crippen LogP contribution in [0.3, 0.4) is 0 Å². The van der Waals surface area contributed by atoms with E-state index < -0.39 is 0 Å². The molecule has 162 valence electrons. The third kappa shape index (κ3) is 4.93. The molecular formula is C24H28N4O2S. The summed E-state index contributed by atoms with van der Waals surface area (Å²) in [5, 5.41) is 9.83. The molecule has 0 unspecified atom stereocenters. The number of rotatable bonds is 7. The molecule has 0 saturated heterocycles. The number of amides is 1. The molecule has 1 saturated carbocycles. The van der Waals surface area contributed by atoms with Gasteiger partial charge in [-0.05, 0) is 49.2 Å². The summed E-state index contributed by atoms with van der Waals surface area (Å²) in [5.74, 6) is 2.04. The Bertz CT molecular complexity index is 998. The molecule has 1 amide bonds. The molecule has 0 spiro atoms.